The Morgan fingerprint density at radius 2 is 2.46 bits per heavy atom. The molecule has 0 amide bonds. The van der Waals surface area contributed by atoms with E-state index in [4.69, 9.17) is 5.41 Å². The molecule has 0 aromatic carbocycles. The molecule has 13 heavy (non-hydrogen) atoms. The monoisotopic (exact) mass is 197 g/mol. The van der Waals surface area contributed by atoms with Crippen LogP contribution < -0.4 is 0 Å². The Hall–Kier alpha value is -0.950. The fourth-order valence-electron chi connectivity index (χ4n) is 1.17. The first-order valence-electron chi connectivity index (χ1n) is 4.02. The van der Waals surface area contributed by atoms with Gasteiger partial charge in [0.05, 0.1) is 15.0 Å². The minimum absolute atomic E-state index is 0.304. The van der Waals surface area contributed by atoms with E-state index in [1.54, 1.807) is 12.2 Å². The van der Waals surface area contributed by atoms with Crippen molar-refractivity contribution in [1.29, 1.82) is 5.41 Å². The van der Waals surface area contributed by atoms with Gasteiger partial charge in [-0.2, -0.15) is 0 Å². The highest BCUT2D eigenvalue weighted by Crippen LogP contribution is 2.15. The van der Waals surface area contributed by atoms with Crippen LogP contribution in [0.3, 0.4) is 0 Å². The third-order valence-electron chi connectivity index (χ3n) is 1.82. The molecule has 0 aliphatic heterocycles. The second-order valence-corrected chi connectivity index (χ2v) is 3.31. The molecule has 3 nitrogen and oxygen atoms in total. The van der Waals surface area contributed by atoms with Gasteiger partial charge in [-0.1, -0.05) is 19.1 Å². The molecule has 4 heteroatoms. The molecule has 1 N–H and O–H groups in total. The van der Waals surface area contributed by atoms with Crippen molar-refractivity contribution in [2.75, 3.05) is 0 Å². The van der Waals surface area contributed by atoms with E-state index in [-0.39, 0.29) is 0 Å². The summed E-state index contributed by atoms with van der Waals surface area (Å²) >= 11 is 0. The number of carbonyl (C=O) groups excluding carboxylic acids is 1. The van der Waals surface area contributed by atoms with Crippen LogP contribution in [-0.2, 0) is 9.32 Å². The van der Waals surface area contributed by atoms with Crippen LogP contribution >= 0.6 is 9.47 Å². The normalized spacial score (nSPS) is 22.2. The van der Waals surface area contributed by atoms with Crippen molar-refractivity contribution in [1.82, 2.24) is 0 Å². The van der Waals surface area contributed by atoms with E-state index in [0.717, 1.165) is 0 Å². The van der Waals surface area contributed by atoms with Gasteiger partial charge in [-0.15, -0.1) is 0 Å². The number of carbonyl (C=O) groups is 1. The molecule has 1 aliphatic carbocycles. The van der Waals surface area contributed by atoms with Crippen LogP contribution in [-0.4, -0.2) is 11.7 Å². The average molecular weight is 197 g/mol. The molecule has 0 fully saturated rings. The van der Waals surface area contributed by atoms with Gasteiger partial charge in [-0.3, -0.25) is 0 Å². The quantitative estimate of drug-likeness (QED) is 0.652. The van der Waals surface area contributed by atoms with E-state index in [2.05, 4.69) is 4.52 Å². The van der Waals surface area contributed by atoms with Crippen molar-refractivity contribution in [3.63, 3.8) is 0 Å². The zero-order valence-electron chi connectivity index (χ0n) is 7.41. The van der Waals surface area contributed by atoms with Crippen molar-refractivity contribution in [3.05, 3.63) is 23.8 Å². The second kappa shape index (κ2) is 4.33. The fourth-order valence-corrected chi connectivity index (χ4v) is 1.31. The van der Waals surface area contributed by atoms with Gasteiger partial charge in [0, 0.05) is 5.71 Å². The molecule has 0 heterocycles. The Morgan fingerprint density at radius 3 is 3.08 bits per heavy atom. The van der Waals surface area contributed by atoms with E-state index in [9.17, 15) is 4.79 Å². The molecule has 1 aliphatic rings. The van der Waals surface area contributed by atoms with Crippen molar-refractivity contribution in [3.8, 4) is 0 Å². The number of hydrogen-bond donors (Lipinski definition) is 1. The standard InChI is InChI=1S/C9H12NO2P/c1-6-2-3-7(9(11)12-13)5-8(10)4-6/h2-3,5-6,10H,4,13H2,1H3. The SMILES string of the molecule is CC1C=CC(C(=O)OP)=CC(=N)C1. The summed E-state index contributed by atoms with van der Waals surface area (Å²) in [4.78, 5) is 11.1. The number of allylic oxidation sites excluding steroid dienone is 2. The number of rotatable bonds is 1. The highest BCUT2D eigenvalue weighted by Gasteiger charge is 2.12. The predicted molar refractivity (Wildman–Crippen MR) is 54.5 cm³/mol. The molecule has 0 aromatic rings. The lowest BCUT2D eigenvalue weighted by Gasteiger charge is -2.00. The van der Waals surface area contributed by atoms with Crippen LogP contribution in [0.25, 0.3) is 0 Å². The van der Waals surface area contributed by atoms with Crippen LogP contribution in [0.2, 0.25) is 0 Å². The molecule has 2 unspecified atom stereocenters. The summed E-state index contributed by atoms with van der Waals surface area (Å²) in [6.45, 7) is 2.01. The van der Waals surface area contributed by atoms with Gasteiger partial charge in [-0.25, -0.2) is 4.79 Å². The van der Waals surface area contributed by atoms with Crippen LogP contribution in [0.15, 0.2) is 23.8 Å². The van der Waals surface area contributed by atoms with Crippen molar-refractivity contribution >= 4 is 21.1 Å². The Labute approximate surface area is 79.7 Å². The molecule has 1 rings (SSSR count). The van der Waals surface area contributed by atoms with E-state index in [1.807, 2.05) is 22.5 Å². The summed E-state index contributed by atoms with van der Waals surface area (Å²) in [5, 5.41) is 7.53. The topological polar surface area (TPSA) is 50.2 Å². The molecule has 0 radical (unpaired) electrons. The van der Waals surface area contributed by atoms with Crippen LogP contribution in [0.4, 0.5) is 0 Å². The van der Waals surface area contributed by atoms with Gasteiger partial charge in [-0.05, 0) is 18.4 Å². The first kappa shape index (κ1) is 10.1. The lowest BCUT2D eigenvalue weighted by molar-refractivity contribution is -0.128. The number of hydrogen-bond acceptors (Lipinski definition) is 3. The Kier molecular flexibility index (Phi) is 3.38. The van der Waals surface area contributed by atoms with E-state index >= 15 is 0 Å². The third kappa shape index (κ3) is 2.78. The van der Waals surface area contributed by atoms with Gasteiger partial charge >= 0.3 is 5.97 Å². The Bertz CT molecular complexity index is 294. The maximum atomic E-state index is 11.1. The van der Waals surface area contributed by atoms with Crippen LogP contribution in [0, 0.1) is 11.3 Å². The third-order valence-corrected chi connectivity index (χ3v) is 2.03. The van der Waals surface area contributed by atoms with Crippen molar-refractivity contribution in [2.45, 2.75) is 13.3 Å². The molecule has 2 atom stereocenters. The molecular weight excluding hydrogens is 185 g/mol. The molecular formula is C9H12NO2P. The van der Waals surface area contributed by atoms with Gasteiger partial charge in [0.15, 0.2) is 0 Å². The molecule has 0 saturated heterocycles. The summed E-state index contributed by atoms with van der Waals surface area (Å²) in [6, 6.07) is 0. The Balaban J connectivity index is 2.88. The molecule has 0 spiro atoms. The van der Waals surface area contributed by atoms with Gasteiger partial charge in [0.25, 0.3) is 0 Å². The zero-order valence-corrected chi connectivity index (χ0v) is 8.57. The molecule has 0 saturated carbocycles. The molecule has 0 bridgehead atoms. The van der Waals surface area contributed by atoms with Gasteiger partial charge in [0.2, 0.25) is 0 Å². The lowest BCUT2D eigenvalue weighted by atomic mass is 10.1. The summed E-state index contributed by atoms with van der Waals surface area (Å²) in [5.74, 6) is -0.112. The lowest BCUT2D eigenvalue weighted by Crippen LogP contribution is -2.01. The zero-order chi connectivity index (χ0) is 9.84. The van der Waals surface area contributed by atoms with Crippen molar-refractivity contribution < 1.29 is 9.32 Å². The first-order valence-corrected chi connectivity index (χ1v) is 4.49. The van der Waals surface area contributed by atoms with Crippen LogP contribution in [0.5, 0.6) is 0 Å². The van der Waals surface area contributed by atoms with E-state index < -0.39 is 5.97 Å². The highest BCUT2D eigenvalue weighted by atomic mass is 31.0. The summed E-state index contributed by atoms with van der Waals surface area (Å²) in [5.41, 5.74) is 0.896. The highest BCUT2D eigenvalue weighted by molar-refractivity contribution is 7.10. The minimum Gasteiger partial charge on any atom is -0.448 e. The summed E-state index contributed by atoms with van der Waals surface area (Å²) in [7, 11) is 1.91. The van der Waals surface area contributed by atoms with E-state index in [1.165, 1.54) is 0 Å². The van der Waals surface area contributed by atoms with Crippen molar-refractivity contribution in [2.24, 2.45) is 5.92 Å². The van der Waals surface area contributed by atoms with Gasteiger partial charge in [0.1, 0.15) is 0 Å². The first-order chi connectivity index (χ1) is 6.13. The molecule has 0 aromatic heterocycles. The summed E-state index contributed by atoms with van der Waals surface area (Å²) < 4.78 is 4.49. The smallest absolute Gasteiger partial charge is 0.340 e. The number of nitrogens with one attached hydrogen (secondary N) is 1. The van der Waals surface area contributed by atoms with Gasteiger partial charge < -0.3 is 9.93 Å². The summed E-state index contributed by atoms with van der Waals surface area (Å²) in [6.07, 6.45) is 5.84. The fraction of sp³-hybridized carbons (Fsp3) is 0.333. The van der Waals surface area contributed by atoms with Crippen LogP contribution in [0.1, 0.15) is 13.3 Å². The average Bonchev–Trinajstić information content (AvgIpc) is 2.25. The molecule has 70 valence electrons. The minimum atomic E-state index is -0.417. The largest absolute Gasteiger partial charge is 0.448 e. The maximum Gasteiger partial charge on any atom is 0.340 e. The second-order valence-electron chi connectivity index (χ2n) is 3.07. The maximum absolute atomic E-state index is 11.1. The van der Waals surface area contributed by atoms with E-state index in [0.29, 0.717) is 23.6 Å². The predicted octanol–water partition coefficient (Wildman–Crippen LogP) is 1.86. The Morgan fingerprint density at radius 1 is 1.77 bits per heavy atom.